The molecule has 4 rings (SSSR count). The standard InChI is InChI=1S/C23H21F3N4O3/c1-2-32-22(31)17-6-9-20-19(14-17)28-21(30(20)12-3-11-29-13-10-27-15-29)16-4-7-18(8-5-16)33-23(24,25)26/h4-10,13-15H,2-3,11-12H2,1H3. The maximum absolute atomic E-state index is 12.5. The molecule has 0 aliphatic carbocycles. The second-order valence-electron chi connectivity index (χ2n) is 7.24. The molecule has 0 atom stereocenters. The van der Waals surface area contributed by atoms with E-state index in [-0.39, 0.29) is 12.4 Å². The van der Waals surface area contributed by atoms with E-state index in [4.69, 9.17) is 4.74 Å². The van der Waals surface area contributed by atoms with Gasteiger partial charge in [-0.3, -0.25) is 0 Å². The van der Waals surface area contributed by atoms with Crippen molar-refractivity contribution in [2.75, 3.05) is 6.61 Å². The van der Waals surface area contributed by atoms with E-state index >= 15 is 0 Å². The van der Waals surface area contributed by atoms with Gasteiger partial charge in [0.2, 0.25) is 0 Å². The Morgan fingerprint density at radius 1 is 1.09 bits per heavy atom. The van der Waals surface area contributed by atoms with Gasteiger partial charge in [0, 0.05) is 31.0 Å². The molecular formula is C23H21F3N4O3. The van der Waals surface area contributed by atoms with Crippen LogP contribution in [0.3, 0.4) is 0 Å². The Labute approximate surface area is 187 Å². The van der Waals surface area contributed by atoms with Crippen molar-refractivity contribution in [2.24, 2.45) is 0 Å². The second-order valence-corrected chi connectivity index (χ2v) is 7.24. The van der Waals surface area contributed by atoms with Gasteiger partial charge in [0.25, 0.3) is 0 Å². The fourth-order valence-corrected chi connectivity index (χ4v) is 3.55. The molecule has 2 heterocycles. The molecule has 0 N–H and O–H groups in total. The van der Waals surface area contributed by atoms with Crippen molar-refractivity contribution < 1.29 is 27.4 Å². The van der Waals surface area contributed by atoms with Crippen LogP contribution >= 0.6 is 0 Å². The Kier molecular flexibility index (Phi) is 6.34. The summed E-state index contributed by atoms with van der Waals surface area (Å²) in [7, 11) is 0. The van der Waals surface area contributed by atoms with Crippen LogP contribution in [0.15, 0.2) is 61.2 Å². The predicted molar refractivity (Wildman–Crippen MR) is 115 cm³/mol. The first-order valence-electron chi connectivity index (χ1n) is 10.3. The SMILES string of the molecule is CCOC(=O)c1ccc2c(c1)nc(-c1ccc(OC(F)(F)F)cc1)n2CCCn1ccnc1. The number of aryl methyl sites for hydroxylation is 2. The fourth-order valence-electron chi connectivity index (χ4n) is 3.55. The first-order valence-corrected chi connectivity index (χ1v) is 10.3. The molecule has 0 radical (unpaired) electrons. The third kappa shape index (κ3) is 5.33. The Balaban J connectivity index is 1.68. The van der Waals surface area contributed by atoms with Crippen LogP contribution in [0.25, 0.3) is 22.4 Å². The number of benzene rings is 2. The number of fused-ring (bicyclic) bond motifs is 1. The minimum absolute atomic E-state index is 0.261. The fraction of sp³-hybridized carbons (Fsp3) is 0.261. The van der Waals surface area contributed by atoms with Gasteiger partial charge in [0.1, 0.15) is 11.6 Å². The summed E-state index contributed by atoms with van der Waals surface area (Å²) in [5, 5.41) is 0. The van der Waals surface area contributed by atoms with E-state index in [2.05, 4.69) is 14.7 Å². The van der Waals surface area contributed by atoms with Gasteiger partial charge < -0.3 is 18.6 Å². The molecule has 2 aromatic carbocycles. The molecule has 172 valence electrons. The van der Waals surface area contributed by atoms with E-state index in [1.54, 1.807) is 37.6 Å². The summed E-state index contributed by atoms with van der Waals surface area (Å²) in [6.45, 7) is 3.33. The topological polar surface area (TPSA) is 71.2 Å². The van der Waals surface area contributed by atoms with Crippen LogP contribution in [-0.4, -0.2) is 38.0 Å². The van der Waals surface area contributed by atoms with E-state index in [1.807, 2.05) is 15.3 Å². The number of rotatable bonds is 8. The average molecular weight is 458 g/mol. The Hall–Kier alpha value is -3.82. The van der Waals surface area contributed by atoms with Crippen LogP contribution in [0.1, 0.15) is 23.7 Å². The smallest absolute Gasteiger partial charge is 0.462 e. The summed E-state index contributed by atoms with van der Waals surface area (Å²) < 4.78 is 50.5. The molecule has 0 saturated carbocycles. The van der Waals surface area contributed by atoms with Gasteiger partial charge in [-0.15, -0.1) is 13.2 Å². The maximum atomic E-state index is 12.5. The third-order valence-corrected chi connectivity index (χ3v) is 4.96. The highest BCUT2D eigenvalue weighted by Gasteiger charge is 2.31. The summed E-state index contributed by atoms with van der Waals surface area (Å²) in [5.74, 6) is -0.168. The Bertz CT molecular complexity index is 1230. The van der Waals surface area contributed by atoms with Gasteiger partial charge in [-0.25, -0.2) is 14.8 Å². The highest BCUT2D eigenvalue weighted by atomic mass is 19.4. The lowest BCUT2D eigenvalue weighted by Gasteiger charge is -2.11. The van der Waals surface area contributed by atoms with Gasteiger partial charge in [-0.1, -0.05) is 0 Å². The van der Waals surface area contributed by atoms with Crippen LogP contribution in [0.4, 0.5) is 13.2 Å². The van der Waals surface area contributed by atoms with Crippen LogP contribution in [-0.2, 0) is 17.8 Å². The number of ether oxygens (including phenoxy) is 2. The molecular weight excluding hydrogens is 437 g/mol. The van der Waals surface area contributed by atoms with Crippen molar-refractivity contribution in [1.82, 2.24) is 19.1 Å². The number of alkyl halides is 3. The van der Waals surface area contributed by atoms with Crippen molar-refractivity contribution in [3.05, 3.63) is 66.7 Å². The number of imidazole rings is 2. The second kappa shape index (κ2) is 9.35. The molecule has 4 aromatic rings. The van der Waals surface area contributed by atoms with Crippen molar-refractivity contribution in [1.29, 1.82) is 0 Å². The van der Waals surface area contributed by atoms with Crippen LogP contribution < -0.4 is 4.74 Å². The molecule has 0 bridgehead atoms. The van der Waals surface area contributed by atoms with E-state index in [1.165, 1.54) is 24.3 Å². The van der Waals surface area contributed by atoms with E-state index < -0.39 is 12.3 Å². The summed E-state index contributed by atoms with van der Waals surface area (Å²) in [5.41, 5.74) is 2.40. The molecule has 0 aliphatic rings. The molecule has 10 heteroatoms. The quantitative estimate of drug-likeness (QED) is 0.345. The molecule has 0 aliphatic heterocycles. The minimum atomic E-state index is -4.76. The summed E-state index contributed by atoms with van der Waals surface area (Å²) >= 11 is 0. The van der Waals surface area contributed by atoms with Crippen molar-refractivity contribution >= 4 is 17.0 Å². The van der Waals surface area contributed by atoms with E-state index in [0.717, 1.165) is 18.5 Å². The number of halogens is 3. The number of carbonyl (C=O) groups excluding carboxylic acids is 1. The molecule has 2 aromatic heterocycles. The van der Waals surface area contributed by atoms with E-state index in [9.17, 15) is 18.0 Å². The highest BCUT2D eigenvalue weighted by Crippen LogP contribution is 2.29. The lowest BCUT2D eigenvalue weighted by atomic mass is 10.2. The lowest BCUT2D eigenvalue weighted by molar-refractivity contribution is -0.274. The molecule has 0 saturated heterocycles. The summed E-state index contributed by atoms with van der Waals surface area (Å²) in [6.07, 6.45) is 1.32. The zero-order chi connectivity index (χ0) is 23.4. The number of esters is 1. The van der Waals surface area contributed by atoms with Crippen LogP contribution in [0.2, 0.25) is 0 Å². The molecule has 0 fully saturated rings. The Morgan fingerprint density at radius 2 is 1.88 bits per heavy atom. The third-order valence-electron chi connectivity index (χ3n) is 4.96. The minimum Gasteiger partial charge on any atom is -0.462 e. The zero-order valence-electron chi connectivity index (χ0n) is 17.7. The maximum Gasteiger partial charge on any atom is 0.573 e. The molecule has 33 heavy (non-hydrogen) atoms. The average Bonchev–Trinajstić information content (AvgIpc) is 3.41. The van der Waals surface area contributed by atoms with Gasteiger partial charge in [-0.05, 0) is 55.8 Å². The number of aromatic nitrogens is 4. The first-order chi connectivity index (χ1) is 15.8. The van der Waals surface area contributed by atoms with Gasteiger partial charge >= 0.3 is 12.3 Å². The predicted octanol–water partition coefficient (Wildman–Crippen LogP) is 5.07. The Morgan fingerprint density at radius 3 is 2.55 bits per heavy atom. The molecule has 0 spiro atoms. The van der Waals surface area contributed by atoms with Crippen LogP contribution in [0.5, 0.6) is 5.75 Å². The van der Waals surface area contributed by atoms with Crippen molar-refractivity contribution in [2.45, 2.75) is 32.8 Å². The van der Waals surface area contributed by atoms with E-state index in [0.29, 0.717) is 29.0 Å². The van der Waals surface area contributed by atoms with Gasteiger partial charge in [0.05, 0.1) is 29.5 Å². The largest absolute Gasteiger partial charge is 0.573 e. The highest BCUT2D eigenvalue weighted by molar-refractivity contribution is 5.94. The summed E-state index contributed by atoms with van der Waals surface area (Å²) in [4.78, 5) is 20.8. The van der Waals surface area contributed by atoms with Crippen molar-refractivity contribution in [3.63, 3.8) is 0 Å². The molecule has 7 nitrogen and oxygen atoms in total. The summed E-state index contributed by atoms with van der Waals surface area (Å²) in [6, 6.07) is 10.7. The lowest BCUT2D eigenvalue weighted by Crippen LogP contribution is -2.17. The van der Waals surface area contributed by atoms with Gasteiger partial charge in [-0.2, -0.15) is 0 Å². The first kappa shape index (κ1) is 22.4. The number of nitrogens with zero attached hydrogens (tertiary/aromatic N) is 4. The number of carbonyl (C=O) groups is 1. The zero-order valence-corrected chi connectivity index (χ0v) is 17.7. The monoisotopic (exact) mass is 458 g/mol. The van der Waals surface area contributed by atoms with Crippen molar-refractivity contribution in [3.8, 4) is 17.1 Å². The normalized spacial score (nSPS) is 11.6. The van der Waals surface area contributed by atoms with Crippen LogP contribution in [0, 0.1) is 0 Å². The molecule has 0 amide bonds. The molecule has 0 unspecified atom stereocenters. The van der Waals surface area contributed by atoms with Gasteiger partial charge in [0.15, 0.2) is 0 Å². The number of hydrogen-bond acceptors (Lipinski definition) is 5. The number of hydrogen-bond donors (Lipinski definition) is 0.